The summed E-state index contributed by atoms with van der Waals surface area (Å²) in [6.07, 6.45) is 2.57. The highest BCUT2D eigenvalue weighted by Crippen LogP contribution is 2.24. The molecule has 0 aliphatic rings. The van der Waals surface area contributed by atoms with Crippen LogP contribution in [0, 0.1) is 5.92 Å². The molecule has 0 fully saturated rings. The van der Waals surface area contributed by atoms with Gasteiger partial charge in [-0.15, -0.1) is 11.3 Å². The molecular formula is C15H18ClN3OS. The second-order valence-electron chi connectivity index (χ2n) is 4.78. The van der Waals surface area contributed by atoms with Crippen molar-refractivity contribution in [2.24, 2.45) is 5.92 Å². The lowest BCUT2D eigenvalue weighted by molar-refractivity contribution is -0.119. The molecule has 1 aromatic heterocycles. The van der Waals surface area contributed by atoms with Gasteiger partial charge in [0.05, 0.1) is 17.9 Å². The first-order valence-electron chi connectivity index (χ1n) is 6.84. The van der Waals surface area contributed by atoms with Gasteiger partial charge in [0.2, 0.25) is 5.91 Å². The van der Waals surface area contributed by atoms with E-state index < -0.39 is 0 Å². The van der Waals surface area contributed by atoms with Crippen molar-refractivity contribution in [3.05, 3.63) is 39.8 Å². The molecule has 2 N–H and O–H groups in total. The fourth-order valence-electron chi connectivity index (χ4n) is 1.74. The maximum Gasteiger partial charge on any atom is 0.227 e. The van der Waals surface area contributed by atoms with E-state index in [0.29, 0.717) is 11.0 Å². The molecule has 1 amide bonds. The molecule has 1 unspecified atom stereocenters. The van der Waals surface area contributed by atoms with Crippen molar-refractivity contribution in [3.63, 3.8) is 0 Å². The number of thiazole rings is 1. The molecule has 0 aliphatic heterocycles. The quantitative estimate of drug-likeness (QED) is 0.828. The molecule has 112 valence electrons. The minimum atomic E-state index is -0.00152. The Labute approximate surface area is 133 Å². The first-order chi connectivity index (χ1) is 10.1. The van der Waals surface area contributed by atoms with Crippen LogP contribution in [0.5, 0.6) is 0 Å². The van der Waals surface area contributed by atoms with Gasteiger partial charge in [-0.05, 0) is 18.6 Å². The first kappa shape index (κ1) is 15.8. The third-order valence-corrected chi connectivity index (χ3v) is 4.34. The van der Waals surface area contributed by atoms with E-state index in [1.807, 2.05) is 38.1 Å². The minimum Gasteiger partial charge on any atom is -0.378 e. The van der Waals surface area contributed by atoms with E-state index in [-0.39, 0.29) is 11.8 Å². The fourth-order valence-corrected chi connectivity index (χ4v) is 2.65. The zero-order valence-electron chi connectivity index (χ0n) is 12.0. The summed E-state index contributed by atoms with van der Waals surface area (Å²) in [4.78, 5) is 17.1. The second kappa shape index (κ2) is 7.43. The summed E-state index contributed by atoms with van der Waals surface area (Å²) < 4.78 is 0.533. The molecular weight excluding hydrogens is 306 g/mol. The van der Waals surface area contributed by atoms with Gasteiger partial charge >= 0.3 is 0 Å². The number of anilines is 2. The molecule has 0 spiro atoms. The molecule has 0 bridgehead atoms. The average Bonchev–Trinajstić information content (AvgIpc) is 2.91. The number of hydrogen-bond acceptors (Lipinski definition) is 4. The van der Waals surface area contributed by atoms with Crippen molar-refractivity contribution in [3.8, 4) is 0 Å². The summed E-state index contributed by atoms with van der Waals surface area (Å²) >= 11 is 7.26. The Bertz CT molecular complexity index is 614. The van der Waals surface area contributed by atoms with Gasteiger partial charge < -0.3 is 10.6 Å². The molecule has 0 saturated carbocycles. The van der Waals surface area contributed by atoms with Crippen LogP contribution in [0.4, 0.5) is 11.4 Å². The van der Waals surface area contributed by atoms with Gasteiger partial charge in [0.15, 0.2) is 4.47 Å². The predicted octanol–water partition coefficient (Wildman–Crippen LogP) is 4.39. The highest BCUT2D eigenvalue weighted by molar-refractivity contribution is 7.15. The summed E-state index contributed by atoms with van der Waals surface area (Å²) in [5.74, 6) is 0.0333. The van der Waals surface area contributed by atoms with Crippen LogP contribution in [0.3, 0.4) is 0 Å². The van der Waals surface area contributed by atoms with Crippen molar-refractivity contribution in [2.75, 3.05) is 10.6 Å². The Kier molecular flexibility index (Phi) is 5.59. The third kappa shape index (κ3) is 4.44. The van der Waals surface area contributed by atoms with E-state index in [2.05, 4.69) is 15.6 Å². The normalized spacial score (nSPS) is 12.0. The Hall–Kier alpha value is -1.59. The van der Waals surface area contributed by atoms with Gasteiger partial charge in [0.25, 0.3) is 0 Å². The maximum absolute atomic E-state index is 12.0. The zero-order chi connectivity index (χ0) is 15.2. The largest absolute Gasteiger partial charge is 0.378 e. The minimum absolute atomic E-state index is 0.00152. The summed E-state index contributed by atoms with van der Waals surface area (Å²) in [6, 6.07) is 7.67. The van der Waals surface area contributed by atoms with Gasteiger partial charge in [-0.1, -0.05) is 37.6 Å². The number of aromatic nitrogens is 1. The molecule has 2 rings (SSSR count). The number of nitrogens with zero attached hydrogens (tertiary/aromatic N) is 1. The number of carbonyl (C=O) groups excluding carboxylic acids is 1. The standard InChI is InChI=1S/C15H18ClN3OS/c1-3-10(2)14(20)19-13-7-5-4-6-12(13)17-8-11-9-18-15(16)21-11/h4-7,9-10,17H,3,8H2,1-2H3,(H,19,20). The van der Waals surface area contributed by atoms with Crippen molar-refractivity contribution in [2.45, 2.75) is 26.8 Å². The van der Waals surface area contributed by atoms with E-state index in [4.69, 9.17) is 11.6 Å². The summed E-state index contributed by atoms with van der Waals surface area (Å²) in [6.45, 7) is 4.55. The molecule has 1 atom stereocenters. The highest BCUT2D eigenvalue weighted by atomic mass is 35.5. The van der Waals surface area contributed by atoms with Gasteiger partial charge in [-0.25, -0.2) is 4.98 Å². The fraction of sp³-hybridized carbons (Fsp3) is 0.333. The van der Waals surface area contributed by atoms with Crippen molar-refractivity contribution < 1.29 is 4.79 Å². The SMILES string of the molecule is CCC(C)C(=O)Nc1ccccc1NCc1cnc(Cl)s1. The second-order valence-corrected chi connectivity index (χ2v) is 6.47. The van der Waals surface area contributed by atoms with Crippen molar-refractivity contribution in [1.29, 1.82) is 0 Å². The van der Waals surface area contributed by atoms with E-state index in [9.17, 15) is 4.79 Å². The molecule has 2 aromatic rings. The number of para-hydroxylation sites is 2. The van der Waals surface area contributed by atoms with E-state index in [1.54, 1.807) is 6.20 Å². The third-order valence-electron chi connectivity index (χ3n) is 3.22. The molecule has 0 aliphatic carbocycles. The number of rotatable bonds is 6. The Balaban J connectivity index is 2.04. The average molecular weight is 324 g/mol. The summed E-state index contributed by atoms with van der Waals surface area (Å²) in [5, 5.41) is 6.27. The van der Waals surface area contributed by atoms with Crippen LogP contribution < -0.4 is 10.6 Å². The highest BCUT2D eigenvalue weighted by Gasteiger charge is 2.12. The van der Waals surface area contributed by atoms with Gasteiger partial charge in [0.1, 0.15) is 0 Å². The number of benzene rings is 1. The van der Waals surface area contributed by atoms with Gasteiger partial charge in [-0.3, -0.25) is 4.79 Å². The zero-order valence-corrected chi connectivity index (χ0v) is 13.6. The lowest BCUT2D eigenvalue weighted by Gasteiger charge is -2.14. The molecule has 4 nitrogen and oxygen atoms in total. The number of nitrogens with one attached hydrogen (secondary N) is 2. The molecule has 21 heavy (non-hydrogen) atoms. The number of carbonyl (C=O) groups is 1. The topological polar surface area (TPSA) is 54.0 Å². The van der Waals surface area contributed by atoms with Crippen LogP contribution in [-0.4, -0.2) is 10.9 Å². The Morgan fingerprint density at radius 1 is 1.38 bits per heavy atom. The molecule has 0 saturated heterocycles. The van der Waals surface area contributed by atoms with Crippen LogP contribution in [0.25, 0.3) is 0 Å². The lowest BCUT2D eigenvalue weighted by atomic mass is 10.1. The van der Waals surface area contributed by atoms with E-state index in [1.165, 1.54) is 11.3 Å². The van der Waals surface area contributed by atoms with Crippen molar-refractivity contribution in [1.82, 2.24) is 4.98 Å². The molecule has 1 heterocycles. The lowest BCUT2D eigenvalue weighted by Crippen LogP contribution is -2.20. The smallest absolute Gasteiger partial charge is 0.227 e. The van der Waals surface area contributed by atoms with Gasteiger partial charge in [-0.2, -0.15) is 0 Å². The Morgan fingerprint density at radius 3 is 2.71 bits per heavy atom. The summed E-state index contributed by atoms with van der Waals surface area (Å²) in [7, 11) is 0. The predicted molar refractivity (Wildman–Crippen MR) is 89.0 cm³/mol. The first-order valence-corrected chi connectivity index (χ1v) is 8.03. The monoisotopic (exact) mass is 323 g/mol. The van der Waals surface area contributed by atoms with Crippen LogP contribution in [0.1, 0.15) is 25.1 Å². The Morgan fingerprint density at radius 2 is 2.10 bits per heavy atom. The number of halogens is 1. The van der Waals surface area contributed by atoms with Crippen LogP contribution in [-0.2, 0) is 11.3 Å². The number of amides is 1. The van der Waals surface area contributed by atoms with Crippen LogP contribution in [0.15, 0.2) is 30.5 Å². The molecule has 6 heteroatoms. The molecule has 0 radical (unpaired) electrons. The van der Waals surface area contributed by atoms with E-state index in [0.717, 1.165) is 22.7 Å². The van der Waals surface area contributed by atoms with E-state index >= 15 is 0 Å². The van der Waals surface area contributed by atoms with Crippen LogP contribution >= 0.6 is 22.9 Å². The summed E-state index contributed by atoms with van der Waals surface area (Å²) in [5.41, 5.74) is 1.68. The van der Waals surface area contributed by atoms with Gasteiger partial charge in [0, 0.05) is 17.0 Å². The molecule has 1 aromatic carbocycles. The van der Waals surface area contributed by atoms with Crippen LogP contribution in [0.2, 0.25) is 4.47 Å². The maximum atomic E-state index is 12.0. The number of hydrogen-bond donors (Lipinski definition) is 2. The van der Waals surface area contributed by atoms with Crippen molar-refractivity contribution >= 4 is 40.2 Å².